The lowest BCUT2D eigenvalue weighted by atomic mass is 9.96. The van der Waals surface area contributed by atoms with E-state index in [0.29, 0.717) is 12.5 Å². The number of aromatic nitrogens is 2. The molecule has 2 amide bonds. The van der Waals surface area contributed by atoms with Crippen LogP contribution in [0.5, 0.6) is 0 Å². The van der Waals surface area contributed by atoms with Crippen molar-refractivity contribution in [2.75, 3.05) is 6.54 Å². The summed E-state index contributed by atoms with van der Waals surface area (Å²) in [6.45, 7) is 5.65. The lowest BCUT2D eigenvalue weighted by Gasteiger charge is -2.23. The van der Waals surface area contributed by atoms with E-state index in [1.807, 2.05) is 47.3 Å². The molecule has 0 aliphatic heterocycles. The SMILES string of the molecule is CC(C)C(NC(=O)NCCCn1cccn1)c1ccccc1. The van der Waals surface area contributed by atoms with Gasteiger partial charge >= 0.3 is 6.03 Å². The van der Waals surface area contributed by atoms with Crippen LogP contribution < -0.4 is 10.6 Å². The molecule has 5 nitrogen and oxygen atoms in total. The molecule has 118 valence electrons. The summed E-state index contributed by atoms with van der Waals surface area (Å²) < 4.78 is 1.86. The molecule has 1 heterocycles. The molecule has 0 aliphatic rings. The van der Waals surface area contributed by atoms with Gasteiger partial charge in [0.05, 0.1) is 6.04 Å². The van der Waals surface area contributed by atoms with Crippen molar-refractivity contribution in [2.24, 2.45) is 5.92 Å². The minimum absolute atomic E-state index is 0.0207. The second-order valence-corrected chi connectivity index (χ2v) is 5.66. The van der Waals surface area contributed by atoms with Crippen molar-refractivity contribution >= 4 is 6.03 Å². The van der Waals surface area contributed by atoms with Crippen molar-refractivity contribution in [3.05, 3.63) is 54.4 Å². The predicted molar refractivity (Wildman–Crippen MR) is 87.4 cm³/mol. The monoisotopic (exact) mass is 300 g/mol. The molecule has 2 rings (SSSR count). The molecule has 0 saturated heterocycles. The Morgan fingerprint density at radius 2 is 2.00 bits per heavy atom. The van der Waals surface area contributed by atoms with Gasteiger partial charge in [0.25, 0.3) is 0 Å². The number of carbonyl (C=O) groups excluding carboxylic acids is 1. The predicted octanol–water partition coefficient (Wildman–Crippen LogP) is 2.97. The fraction of sp³-hybridized carbons (Fsp3) is 0.412. The van der Waals surface area contributed by atoms with Gasteiger partial charge in [0.2, 0.25) is 0 Å². The maximum absolute atomic E-state index is 12.0. The summed E-state index contributed by atoms with van der Waals surface area (Å²) in [4.78, 5) is 12.0. The highest BCUT2D eigenvalue weighted by molar-refractivity contribution is 5.74. The zero-order valence-electron chi connectivity index (χ0n) is 13.2. The van der Waals surface area contributed by atoms with Crippen LogP contribution in [0.4, 0.5) is 4.79 Å². The molecule has 0 spiro atoms. The fourth-order valence-corrected chi connectivity index (χ4v) is 2.36. The Morgan fingerprint density at radius 3 is 2.64 bits per heavy atom. The smallest absolute Gasteiger partial charge is 0.315 e. The molecule has 2 N–H and O–H groups in total. The average molecular weight is 300 g/mol. The third-order valence-electron chi connectivity index (χ3n) is 3.52. The Hall–Kier alpha value is -2.30. The third-order valence-corrected chi connectivity index (χ3v) is 3.52. The van der Waals surface area contributed by atoms with Crippen LogP contribution in [0, 0.1) is 5.92 Å². The number of benzene rings is 1. The quantitative estimate of drug-likeness (QED) is 0.772. The number of nitrogens with one attached hydrogen (secondary N) is 2. The Morgan fingerprint density at radius 1 is 1.23 bits per heavy atom. The minimum atomic E-state index is -0.122. The molecule has 5 heteroatoms. The molecule has 1 atom stereocenters. The molecule has 0 aliphatic carbocycles. The Kier molecular flexibility index (Phi) is 6.01. The molecular weight excluding hydrogens is 276 g/mol. The minimum Gasteiger partial charge on any atom is -0.338 e. The summed E-state index contributed by atoms with van der Waals surface area (Å²) in [5, 5.41) is 10.1. The van der Waals surface area contributed by atoms with Gasteiger partial charge in [0, 0.05) is 25.5 Å². The van der Waals surface area contributed by atoms with E-state index in [9.17, 15) is 4.79 Å². The van der Waals surface area contributed by atoms with Gasteiger partial charge in [-0.1, -0.05) is 44.2 Å². The van der Waals surface area contributed by atoms with Crippen LogP contribution in [0.3, 0.4) is 0 Å². The standard InChI is InChI=1S/C17H24N4O/c1-14(2)16(15-8-4-3-5-9-15)20-17(22)18-10-6-12-21-13-7-11-19-21/h3-5,7-9,11,13-14,16H,6,10,12H2,1-2H3,(H2,18,20,22). The van der Waals surface area contributed by atoms with Crippen molar-refractivity contribution in [1.29, 1.82) is 0 Å². The lowest BCUT2D eigenvalue weighted by Crippen LogP contribution is -2.40. The summed E-state index contributed by atoms with van der Waals surface area (Å²) in [6.07, 6.45) is 4.53. The molecule has 0 radical (unpaired) electrons. The number of aryl methyl sites for hydroxylation is 1. The summed E-state index contributed by atoms with van der Waals surface area (Å²) in [5.41, 5.74) is 1.13. The second kappa shape index (κ2) is 8.22. The van der Waals surface area contributed by atoms with E-state index in [1.165, 1.54) is 0 Å². The zero-order chi connectivity index (χ0) is 15.8. The van der Waals surface area contributed by atoms with E-state index in [1.54, 1.807) is 6.20 Å². The molecular formula is C17H24N4O. The normalized spacial score (nSPS) is 12.1. The third kappa shape index (κ3) is 4.91. The van der Waals surface area contributed by atoms with Gasteiger partial charge < -0.3 is 10.6 Å². The van der Waals surface area contributed by atoms with Crippen LogP contribution in [-0.2, 0) is 6.54 Å². The molecule has 0 saturated carbocycles. The first-order valence-corrected chi connectivity index (χ1v) is 7.73. The summed E-state index contributed by atoms with van der Waals surface area (Å²) >= 11 is 0. The lowest BCUT2D eigenvalue weighted by molar-refractivity contribution is 0.232. The van der Waals surface area contributed by atoms with E-state index in [2.05, 4.69) is 29.6 Å². The first kappa shape index (κ1) is 16.1. The highest BCUT2D eigenvalue weighted by Crippen LogP contribution is 2.20. The second-order valence-electron chi connectivity index (χ2n) is 5.66. The van der Waals surface area contributed by atoms with Gasteiger partial charge in [-0.2, -0.15) is 5.10 Å². The first-order valence-electron chi connectivity index (χ1n) is 7.73. The number of nitrogens with zero attached hydrogens (tertiary/aromatic N) is 2. The highest BCUT2D eigenvalue weighted by Gasteiger charge is 2.17. The summed E-state index contributed by atoms with van der Waals surface area (Å²) in [5.74, 6) is 0.331. The number of hydrogen-bond acceptors (Lipinski definition) is 2. The number of amides is 2. The van der Waals surface area contributed by atoms with Crippen molar-refractivity contribution < 1.29 is 4.79 Å². The van der Waals surface area contributed by atoms with Crippen LogP contribution in [0.2, 0.25) is 0 Å². The maximum atomic E-state index is 12.0. The van der Waals surface area contributed by atoms with Crippen LogP contribution in [0.1, 0.15) is 31.9 Å². The molecule has 1 aromatic carbocycles. The van der Waals surface area contributed by atoms with E-state index >= 15 is 0 Å². The average Bonchev–Trinajstić information content (AvgIpc) is 3.03. The van der Waals surface area contributed by atoms with E-state index < -0.39 is 0 Å². The van der Waals surface area contributed by atoms with Gasteiger partial charge in [-0.25, -0.2) is 4.79 Å². The first-order chi connectivity index (χ1) is 10.7. The number of rotatable bonds is 7. The van der Waals surface area contributed by atoms with Gasteiger partial charge in [-0.05, 0) is 24.0 Å². The van der Waals surface area contributed by atoms with Crippen molar-refractivity contribution in [3.63, 3.8) is 0 Å². The zero-order valence-corrected chi connectivity index (χ0v) is 13.2. The van der Waals surface area contributed by atoms with Crippen molar-refractivity contribution in [2.45, 2.75) is 32.9 Å². The van der Waals surface area contributed by atoms with Gasteiger partial charge in [-0.3, -0.25) is 4.68 Å². The van der Waals surface area contributed by atoms with Crippen LogP contribution in [0.15, 0.2) is 48.8 Å². The molecule has 1 unspecified atom stereocenters. The van der Waals surface area contributed by atoms with E-state index in [0.717, 1.165) is 18.5 Å². The Bertz CT molecular complexity index is 551. The molecule has 2 aromatic rings. The van der Waals surface area contributed by atoms with Gasteiger partial charge in [0.15, 0.2) is 0 Å². The van der Waals surface area contributed by atoms with Gasteiger partial charge in [-0.15, -0.1) is 0 Å². The number of carbonyl (C=O) groups is 1. The summed E-state index contributed by atoms with van der Waals surface area (Å²) in [7, 11) is 0. The van der Waals surface area contributed by atoms with Crippen molar-refractivity contribution in [3.8, 4) is 0 Å². The maximum Gasteiger partial charge on any atom is 0.315 e. The summed E-state index contributed by atoms with van der Waals surface area (Å²) in [6, 6.07) is 11.9. The highest BCUT2D eigenvalue weighted by atomic mass is 16.2. The molecule has 0 bridgehead atoms. The fourth-order valence-electron chi connectivity index (χ4n) is 2.36. The number of urea groups is 1. The Balaban J connectivity index is 1.76. The van der Waals surface area contributed by atoms with Crippen LogP contribution >= 0.6 is 0 Å². The molecule has 1 aromatic heterocycles. The Labute approximate surface area is 131 Å². The van der Waals surface area contributed by atoms with Crippen molar-refractivity contribution in [1.82, 2.24) is 20.4 Å². The van der Waals surface area contributed by atoms with Gasteiger partial charge in [0.1, 0.15) is 0 Å². The van der Waals surface area contributed by atoms with Crippen LogP contribution in [0.25, 0.3) is 0 Å². The number of hydrogen-bond donors (Lipinski definition) is 2. The molecule has 22 heavy (non-hydrogen) atoms. The van der Waals surface area contributed by atoms with Crippen LogP contribution in [-0.4, -0.2) is 22.4 Å². The molecule has 0 fully saturated rings. The van der Waals surface area contributed by atoms with E-state index in [-0.39, 0.29) is 12.1 Å². The largest absolute Gasteiger partial charge is 0.338 e. The van der Waals surface area contributed by atoms with E-state index in [4.69, 9.17) is 0 Å². The topological polar surface area (TPSA) is 59.0 Å².